The molecule has 0 atom stereocenters. The number of rotatable bonds is 2. The van der Waals surface area contributed by atoms with E-state index in [1.807, 2.05) is 4.90 Å². The second-order valence-corrected chi connectivity index (χ2v) is 6.54. The summed E-state index contributed by atoms with van der Waals surface area (Å²) in [6.07, 6.45) is 10.2. The number of carbonyl (C=O) groups excluding carboxylic acids is 2. The van der Waals surface area contributed by atoms with Gasteiger partial charge in [0, 0.05) is 6.54 Å². The number of hydrogen-bond acceptors (Lipinski definition) is 2. The molecule has 1 N–H and O–H groups in total. The molecule has 0 aromatic rings. The van der Waals surface area contributed by atoms with Crippen molar-refractivity contribution in [3.05, 3.63) is 12.7 Å². The van der Waals surface area contributed by atoms with E-state index < -0.39 is 11.1 Å². The standard InChI is InChI=1S/C16H24N2O2/c1-2-12-18-14(20)15(8-6-7-9-15)17-13(19)16(18)10-4-3-5-11-16/h2H,1,3-12H2,(H,17,19). The molecule has 4 heteroatoms. The molecule has 0 aromatic heterocycles. The van der Waals surface area contributed by atoms with Crippen molar-refractivity contribution in [2.45, 2.75) is 68.9 Å². The van der Waals surface area contributed by atoms with E-state index in [-0.39, 0.29) is 11.8 Å². The average Bonchev–Trinajstić information content (AvgIpc) is 2.93. The van der Waals surface area contributed by atoms with Crippen LogP contribution in [0.5, 0.6) is 0 Å². The smallest absolute Gasteiger partial charge is 0.249 e. The lowest BCUT2D eigenvalue weighted by atomic mass is 9.75. The number of amides is 2. The van der Waals surface area contributed by atoms with E-state index in [0.29, 0.717) is 6.54 Å². The third-order valence-corrected chi connectivity index (χ3v) is 5.40. The summed E-state index contributed by atoms with van der Waals surface area (Å²) >= 11 is 0. The zero-order chi connectivity index (χ0) is 14.2. The van der Waals surface area contributed by atoms with Crippen molar-refractivity contribution in [2.24, 2.45) is 0 Å². The van der Waals surface area contributed by atoms with Gasteiger partial charge in [-0.25, -0.2) is 0 Å². The number of piperazine rings is 1. The summed E-state index contributed by atoms with van der Waals surface area (Å²) in [5.74, 6) is 0.219. The first-order chi connectivity index (χ1) is 9.65. The summed E-state index contributed by atoms with van der Waals surface area (Å²) in [4.78, 5) is 27.7. The molecular weight excluding hydrogens is 252 g/mol. The van der Waals surface area contributed by atoms with Crippen LogP contribution in [0.15, 0.2) is 12.7 Å². The van der Waals surface area contributed by atoms with Gasteiger partial charge in [0.1, 0.15) is 11.1 Å². The molecule has 0 radical (unpaired) electrons. The minimum absolute atomic E-state index is 0.0838. The first-order valence-electron chi connectivity index (χ1n) is 7.90. The zero-order valence-electron chi connectivity index (χ0n) is 12.1. The van der Waals surface area contributed by atoms with Crippen LogP contribution >= 0.6 is 0 Å². The summed E-state index contributed by atoms with van der Waals surface area (Å²) in [5.41, 5.74) is -1.21. The Morgan fingerprint density at radius 2 is 1.65 bits per heavy atom. The van der Waals surface area contributed by atoms with Gasteiger partial charge >= 0.3 is 0 Å². The Morgan fingerprint density at radius 3 is 2.25 bits per heavy atom. The van der Waals surface area contributed by atoms with E-state index in [0.717, 1.165) is 57.8 Å². The van der Waals surface area contributed by atoms with Crippen LogP contribution in [0.3, 0.4) is 0 Å². The van der Waals surface area contributed by atoms with Crippen molar-refractivity contribution in [1.82, 2.24) is 10.2 Å². The van der Waals surface area contributed by atoms with Crippen molar-refractivity contribution in [3.8, 4) is 0 Å². The van der Waals surface area contributed by atoms with Crippen LogP contribution in [0.25, 0.3) is 0 Å². The van der Waals surface area contributed by atoms with Crippen molar-refractivity contribution in [1.29, 1.82) is 0 Å². The fourth-order valence-electron chi connectivity index (χ4n) is 4.30. The van der Waals surface area contributed by atoms with E-state index in [9.17, 15) is 9.59 Å². The number of hydrogen-bond donors (Lipinski definition) is 1. The minimum atomic E-state index is -0.608. The molecule has 0 aromatic carbocycles. The summed E-state index contributed by atoms with van der Waals surface area (Å²) < 4.78 is 0. The van der Waals surface area contributed by atoms with Crippen molar-refractivity contribution >= 4 is 11.8 Å². The van der Waals surface area contributed by atoms with Gasteiger partial charge in [0.2, 0.25) is 11.8 Å². The predicted octanol–water partition coefficient (Wildman–Crippen LogP) is 2.15. The number of carbonyl (C=O) groups is 2. The van der Waals surface area contributed by atoms with Gasteiger partial charge in [-0.3, -0.25) is 9.59 Å². The molecule has 1 heterocycles. The molecule has 110 valence electrons. The molecule has 2 aliphatic carbocycles. The quantitative estimate of drug-likeness (QED) is 0.786. The van der Waals surface area contributed by atoms with Crippen LogP contribution in [-0.2, 0) is 9.59 Å². The van der Waals surface area contributed by atoms with Crippen LogP contribution in [0.4, 0.5) is 0 Å². The predicted molar refractivity (Wildman–Crippen MR) is 77.1 cm³/mol. The van der Waals surface area contributed by atoms with Crippen molar-refractivity contribution in [3.63, 3.8) is 0 Å². The van der Waals surface area contributed by atoms with Crippen LogP contribution in [-0.4, -0.2) is 34.3 Å². The lowest BCUT2D eigenvalue weighted by Gasteiger charge is -2.53. The SMILES string of the molecule is C=CCN1C(=O)C2(CCCC2)NC(=O)C12CCCCC2. The Morgan fingerprint density at radius 1 is 1.05 bits per heavy atom. The first kappa shape index (κ1) is 13.7. The molecule has 0 bridgehead atoms. The lowest BCUT2D eigenvalue weighted by Crippen LogP contribution is -2.75. The maximum absolute atomic E-state index is 13.0. The Labute approximate surface area is 120 Å². The van der Waals surface area contributed by atoms with Gasteiger partial charge < -0.3 is 10.2 Å². The maximum atomic E-state index is 13.0. The highest BCUT2D eigenvalue weighted by Crippen LogP contribution is 2.42. The van der Waals surface area contributed by atoms with Crippen LogP contribution in [0.2, 0.25) is 0 Å². The highest BCUT2D eigenvalue weighted by Gasteiger charge is 2.58. The molecule has 2 amide bonds. The molecule has 3 aliphatic rings. The number of nitrogens with one attached hydrogen (secondary N) is 1. The molecule has 3 rings (SSSR count). The normalized spacial score (nSPS) is 27.9. The fourth-order valence-corrected chi connectivity index (χ4v) is 4.30. The molecule has 4 nitrogen and oxygen atoms in total. The zero-order valence-corrected chi connectivity index (χ0v) is 12.1. The average molecular weight is 276 g/mol. The van der Waals surface area contributed by atoms with E-state index >= 15 is 0 Å². The Balaban J connectivity index is 1.97. The van der Waals surface area contributed by atoms with Gasteiger partial charge in [0.15, 0.2) is 0 Å². The Bertz CT molecular complexity index is 432. The minimum Gasteiger partial charge on any atom is -0.340 e. The van der Waals surface area contributed by atoms with Crippen LogP contribution in [0, 0.1) is 0 Å². The topological polar surface area (TPSA) is 49.4 Å². The van der Waals surface area contributed by atoms with Crippen molar-refractivity contribution < 1.29 is 9.59 Å². The van der Waals surface area contributed by atoms with Gasteiger partial charge in [0.25, 0.3) is 0 Å². The largest absolute Gasteiger partial charge is 0.340 e. The third-order valence-electron chi connectivity index (χ3n) is 5.40. The fraction of sp³-hybridized carbons (Fsp3) is 0.750. The van der Waals surface area contributed by atoms with Gasteiger partial charge in [-0.15, -0.1) is 6.58 Å². The summed E-state index contributed by atoms with van der Waals surface area (Å²) in [5, 5.41) is 3.13. The van der Waals surface area contributed by atoms with E-state index in [1.54, 1.807) is 6.08 Å². The molecule has 3 fully saturated rings. The molecule has 20 heavy (non-hydrogen) atoms. The Hall–Kier alpha value is -1.32. The summed E-state index contributed by atoms with van der Waals surface area (Å²) in [6.45, 7) is 4.28. The van der Waals surface area contributed by atoms with E-state index in [4.69, 9.17) is 0 Å². The second kappa shape index (κ2) is 4.90. The van der Waals surface area contributed by atoms with Crippen molar-refractivity contribution in [2.75, 3.05) is 6.54 Å². The molecule has 2 saturated carbocycles. The number of nitrogens with zero attached hydrogens (tertiary/aromatic N) is 1. The van der Waals surface area contributed by atoms with Gasteiger partial charge in [-0.2, -0.15) is 0 Å². The van der Waals surface area contributed by atoms with E-state index in [2.05, 4.69) is 11.9 Å². The van der Waals surface area contributed by atoms with Gasteiger partial charge in [0.05, 0.1) is 0 Å². The molecule has 0 unspecified atom stereocenters. The second-order valence-electron chi connectivity index (χ2n) is 6.54. The highest BCUT2D eigenvalue weighted by atomic mass is 16.2. The molecular formula is C16H24N2O2. The van der Waals surface area contributed by atoms with Crippen LogP contribution < -0.4 is 5.32 Å². The van der Waals surface area contributed by atoms with E-state index in [1.165, 1.54) is 0 Å². The molecule has 1 aliphatic heterocycles. The lowest BCUT2D eigenvalue weighted by molar-refractivity contribution is -0.164. The highest BCUT2D eigenvalue weighted by molar-refractivity contribution is 6.02. The monoisotopic (exact) mass is 276 g/mol. The van der Waals surface area contributed by atoms with Crippen LogP contribution in [0.1, 0.15) is 57.8 Å². The summed E-state index contributed by atoms with van der Waals surface area (Å²) in [7, 11) is 0. The summed E-state index contributed by atoms with van der Waals surface area (Å²) in [6, 6.07) is 0. The van der Waals surface area contributed by atoms with Gasteiger partial charge in [-0.1, -0.05) is 38.2 Å². The third kappa shape index (κ3) is 1.80. The molecule has 2 spiro atoms. The molecule has 1 saturated heterocycles. The maximum Gasteiger partial charge on any atom is 0.249 e. The van der Waals surface area contributed by atoms with Gasteiger partial charge in [-0.05, 0) is 25.7 Å². The Kier molecular flexibility index (Phi) is 3.35. The first-order valence-corrected chi connectivity index (χ1v) is 7.90.